The molecule has 0 saturated carbocycles. The van der Waals surface area contributed by atoms with Gasteiger partial charge in [-0.05, 0) is 39.4 Å². The van der Waals surface area contributed by atoms with E-state index in [9.17, 15) is 0 Å². The lowest BCUT2D eigenvalue weighted by atomic mass is 10.4. The van der Waals surface area contributed by atoms with Crippen molar-refractivity contribution in [1.82, 2.24) is 10.6 Å². The molecule has 7 heteroatoms. The number of guanidine groups is 1. The van der Waals surface area contributed by atoms with E-state index >= 15 is 0 Å². The summed E-state index contributed by atoms with van der Waals surface area (Å²) in [6.45, 7) is 10.0. The first-order chi connectivity index (χ1) is 8.54. The highest BCUT2D eigenvalue weighted by molar-refractivity contribution is 6.66. The largest absolute Gasteiger partial charge is 0.395 e. The van der Waals surface area contributed by atoms with Gasteiger partial charge >= 0.3 is 8.56 Å². The first kappa shape index (κ1) is 17.4. The summed E-state index contributed by atoms with van der Waals surface area (Å²) in [4.78, 5) is 0. The monoisotopic (exact) mass is 276 g/mol. The highest BCUT2D eigenvalue weighted by atomic mass is 28.4. The average molecular weight is 276 g/mol. The predicted molar refractivity (Wildman–Crippen MR) is 77.1 cm³/mol. The Hall–Kier alpha value is -0.633. The van der Waals surface area contributed by atoms with Crippen LogP contribution in [0.15, 0.2) is 0 Å². The summed E-state index contributed by atoms with van der Waals surface area (Å²) in [6.07, 6.45) is 1.04. The first-order valence-corrected chi connectivity index (χ1v) is 9.13. The van der Waals surface area contributed by atoms with Crippen LogP contribution < -0.4 is 16.4 Å². The normalized spacial score (nSPS) is 11.5. The molecule has 0 bridgehead atoms. The molecule has 0 heterocycles. The van der Waals surface area contributed by atoms with Crippen LogP contribution in [0.4, 0.5) is 0 Å². The van der Waals surface area contributed by atoms with Crippen LogP contribution in [0.3, 0.4) is 0 Å². The molecule has 0 spiro atoms. The van der Waals surface area contributed by atoms with Gasteiger partial charge < -0.3 is 25.2 Å². The van der Waals surface area contributed by atoms with Gasteiger partial charge in [0.25, 0.3) is 0 Å². The fourth-order valence-electron chi connectivity index (χ4n) is 1.74. The molecule has 0 unspecified atom stereocenters. The van der Waals surface area contributed by atoms with Gasteiger partial charge in [-0.15, -0.1) is 0 Å². The Bertz CT molecular complexity index is 223. The van der Waals surface area contributed by atoms with Crippen molar-refractivity contribution in [2.75, 3.05) is 32.8 Å². The van der Waals surface area contributed by atoms with E-state index in [4.69, 9.17) is 20.0 Å². The van der Waals surface area contributed by atoms with Crippen molar-refractivity contribution in [3.8, 4) is 0 Å². The molecule has 0 aromatic carbocycles. The maximum absolute atomic E-state index is 7.00. The quantitative estimate of drug-likeness (QED) is 0.192. The van der Waals surface area contributed by atoms with Crippen molar-refractivity contribution >= 4 is 14.5 Å². The predicted octanol–water partition coefficient (Wildman–Crippen LogP) is 0.594. The van der Waals surface area contributed by atoms with E-state index in [0.717, 1.165) is 38.8 Å². The minimum Gasteiger partial charge on any atom is -0.395 e. The number of hydrogen-bond acceptors (Lipinski definition) is 4. The van der Waals surface area contributed by atoms with Crippen LogP contribution in [0.1, 0.15) is 20.3 Å². The van der Waals surface area contributed by atoms with Gasteiger partial charge in [0.1, 0.15) is 0 Å². The molecule has 6 nitrogen and oxygen atoms in total. The Labute approximate surface area is 111 Å². The molecule has 0 aliphatic heterocycles. The van der Waals surface area contributed by atoms with Crippen LogP contribution >= 0.6 is 0 Å². The Morgan fingerprint density at radius 1 is 1.17 bits per heavy atom. The molecule has 0 aromatic heterocycles. The molecule has 0 saturated heterocycles. The van der Waals surface area contributed by atoms with Gasteiger partial charge in [-0.3, -0.25) is 5.41 Å². The molecule has 0 aromatic rings. The average Bonchev–Trinajstić information content (AvgIpc) is 2.28. The van der Waals surface area contributed by atoms with Gasteiger partial charge in [-0.25, -0.2) is 0 Å². The highest BCUT2D eigenvalue weighted by Gasteiger charge is 2.29. The standard InChI is InChI=1S/C11H28N4O2Si/c1-4-16-18(3,17-5-2)10-6-7-14-8-9-15-11(12)13/h14H,4-10H2,1-3H3,(H4,12,13,15). The van der Waals surface area contributed by atoms with Crippen LogP contribution in [0.5, 0.6) is 0 Å². The van der Waals surface area contributed by atoms with Crippen molar-refractivity contribution in [2.24, 2.45) is 5.73 Å². The Morgan fingerprint density at radius 3 is 2.28 bits per heavy atom. The highest BCUT2D eigenvalue weighted by Crippen LogP contribution is 2.15. The van der Waals surface area contributed by atoms with Gasteiger partial charge in [0, 0.05) is 26.3 Å². The van der Waals surface area contributed by atoms with Crippen LogP contribution in [0.25, 0.3) is 0 Å². The lowest BCUT2D eigenvalue weighted by Crippen LogP contribution is -2.40. The van der Waals surface area contributed by atoms with E-state index in [1.807, 2.05) is 13.8 Å². The topological polar surface area (TPSA) is 92.4 Å². The number of hydrogen-bond donors (Lipinski definition) is 4. The summed E-state index contributed by atoms with van der Waals surface area (Å²) in [5.74, 6) is 0.0180. The number of rotatable bonds is 11. The van der Waals surface area contributed by atoms with Crippen molar-refractivity contribution in [3.05, 3.63) is 0 Å². The molecule has 18 heavy (non-hydrogen) atoms. The van der Waals surface area contributed by atoms with E-state index < -0.39 is 8.56 Å². The zero-order valence-electron chi connectivity index (χ0n) is 11.8. The molecule has 108 valence electrons. The van der Waals surface area contributed by atoms with Crippen molar-refractivity contribution in [1.29, 1.82) is 5.41 Å². The van der Waals surface area contributed by atoms with Gasteiger partial charge in [-0.2, -0.15) is 0 Å². The van der Waals surface area contributed by atoms with Crippen molar-refractivity contribution < 1.29 is 8.85 Å². The summed E-state index contributed by atoms with van der Waals surface area (Å²) < 4.78 is 11.5. The molecule has 5 N–H and O–H groups in total. The fourth-order valence-corrected chi connectivity index (χ4v) is 4.15. The molecule has 0 radical (unpaired) electrons. The zero-order chi connectivity index (χ0) is 13.9. The summed E-state index contributed by atoms with van der Waals surface area (Å²) in [6, 6.07) is 1.00. The Morgan fingerprint density at radius 2 is 1.78 bits per heavy atom. The smallest absolute Gasteiger partial charge is 0.334 e. The minimum absolute atomic E-state index is 0.0180. The van der Waals surface area contributed by atoms with E-state index in [-0.39, 0.29) is 5.96 Å². The first-order valence-electron chi connectivity index (χ1n) is 6.60. The van der Waals surface area contributed by atoms with Gasteiger partial charge in [0.2, 0.25) is 0 Å². The summed E-state index contributed by atoms with van der Waals surface area (Å²) in [7, 11) is -1.95. The van der Waals surface area contributed by atoms with E-state index in [0.29, 0.717) is 6.54 Å². The van der Waals surface area contributed by atoms with E-state index in [2.05, 4.69) is 17.2 Å². The van der Waals surface area contributed by atoms with Gasteiger partial charge in [0.15, 0.2) is 5.96 Å². The van der Waals surface area contributed by atoms with Crippen molar-refractivity contribution in [2.45, 2.75) is 32.9 Å². The number of nitrogens with one attached hydrogen (secondary N) is 3. The van der Waals surface area contributed by atoms with E-state index in [1.54, 1.807) is 0 Å². The molecule has 0 amide bonds. The van der Waals surface area contributed by atoms with Crippen LogP contribution in [0.2, 0.25) is 12.6 Å². The van der Waals surface area contributed by atoms with Gasteiger partial charge in [-0.1, -0.05) is 0 Å². The molecular formula is C11H28N4O2Si. The van der Waals surface area contributed by atoms with E-state index in [1.165, 1.54) is 0 Å². The third-order valence-electron chi connectivity index (χ3n) is 2.50. The second-order valence-electron chi connectivity index (χ2n) is 4.19. The minimum atomic E-state index is -1.95. The third kappa shape index (κ3) is 9.40. The zero-order valence-corrected chi connectivity index (χ0v) is 12.8. The summed E-state index contributed by atoms with van der Waals surface area (Å²) in [5.41, 5.74) is 5.17. The molecule has 0 aliphatic rings. The number of nitrogens with two attached hydrogens (primary N) is 1. The maximum Gasteiger partial charge on any atom is 0.334 e. The SMILES string of the molecule is CCO[Si](C)(CCCNCCNC(=N)N)OCC. The second kappa shape index (κ2) is 10.3. The molecule has 0 atom stereocenters. The Balaban J connectivity index is 3.57. The molecule has 0 fully saturated rings. The molecule has 0 aliphatic carbocycles. The second-order valence-corrected chi connectivity index (χ2v) is 7.54. The molecular weight excluding hydrogens is 248 g/mol. The van der Waals surface area contributed by atoms with Gasteiger partial charge in [0.05, 0.1) is 0 Å². The van der Waals surface area contributed by atoms with Crippen LogP contribution in [0, 0.1) is 5.41 Å². The third-order valence-corrected chi connectivity index (χ3v) is 5.56. The Kier molecular flexibility index (Phi) is 9.94. The lowest BCUT2D eigenvalue weighted by Gasteiger charge is -2.25. The lowest BCUT2D eigenvalue weighted by molar-refractivity contribution is 0.188. The molecule has 0 rings (SSSR count). The van der Waals surface area contributed by atoms with Crippen LogP contribution in [-0.2, 0) is 8.85 Å². The van der Waals surface area contributed by atoms with Crippen LogP contribution in [-0.4, -0.2) is 47.4 Å². The fraction of sp³-hybridized carbons (Fsp3) is 0.909. The van der Waals surface area contributed by atoms with Crippen molar-refractivity contribution in [3.63, 3.8) is 0 Å². The summed E-state index contributed by atoms with van der Waals surface area (Å²) in [5, 5.41) is 13.0. The maximum atomic E-state index is 7.00. The summed E-state index contributed by atoms with van der Waals surface area (Å²) >= 11 is 0.